The Labute approximate surface area is 150 Å². The van der Waals surface area contributed by atoms with Crippen LogP contribution in [0.15, 0.2) is 53.9 Å². The normalized spacial score (nSPS) is 14.7. The van der Waals surface area contributed by atoms with Crippen LogP contribution < -0.4 is 0 Å². The van der Waals surface area contributed by atoms with Crippen molar-refractivity contribution in [2.45, 2.75) is 11.8 Å². The molecule has 5 nitrogen and oxygen atoms in total. The lowest BCUT2D eigenvalue weighted by Crippen LogP contribution is -2.49. The van der Waals surface area contributed by atoms with Gasteiger partial charge in [0.15, 0.2) is 0 Å². The van der Waals surface area contributed by atoms with Crippen LogP contribution in [0.2, 0.25) is 0 Å². The first kappa shape index (κ1) is 16.0. The number of pyridine rings is 1. The zero-order chi connectivity index (χ0) is 17.4. The van der Waals surface area contributed by atoms with Gasteiger partial charge in [-0.3, -0.25) is 4.79 Å². The Morgan fingerprint density at radius 2 is 2.04 bits per heavy atom. The maximum Gasteiger partial charge on any atom is 0.219 e. The van der Waals surface area contributed by atoms with Gasteiger partial charge in [0.25, 0.3) is 0 Å². The van der Waals surface area contributed by atoms with Crippen molar-refractivity contribution in [3.05, 3.63) is 49.1 Å². The summed E-state index contributed by atoms with van der Waals surface area (Å²) in [6, 6.07) is 9.41. The Kier molecular flexibility index (Phi) is 4.13. The summed E-state index contributed by atoms with van der Waals surface area (Å²) in [7, 11) is 0. The van der Waals surface area contributed by atoms with Crippen molar-refractivity contribution in [1.29, 1.82) is 0 Å². The predicted molar refractivity (Wildman–Crippen MR) is 98.8 cm³/mol. The number of amides is 1. The van der Waals surface area contributed by atoms with E-state index in [4.69, 9.17) is 0 Å². The highest BCUT2D eigenvalue weighted by Crippen LogP contribution is 2.32. The molecule has 0 aliphatic carbocycles. The second-order valence-electron chi connectivity index (χ2n) is 6.43. The number of fused-ring (bicyclic) bond motifs is 1. The number of aromatic hydroxyl groups is 1. The number of carbonyl (C=O) groups excluding carboxylic acids is 1. The van der Waals surface area contributed by atoms with Crippen LogP contribution in [0, 0.1) is 5.92 Å². The fourth-order valence-corrected chi connectivity index (χ4v) is 4.21. The van der Waals surface area contributed by atoms with Gasteiger partial charge in [0, 0.05) is 42.8 Å². The third kappa shape index (κ3) is 3.22. The number of aromatic nitrogens is 2. The molecule has 0 spiro atoms. The summed E-state index contributed by atoms with van der Waals surface area (Å²) in [5.74, 6) is 1.97. The molecule has 6 heteroatoms. The summed E-state index contributed by atoms with van der Waals surface area (Å²) in [5, 5.41) is 9.49. The molecule has 1 N–H and O–H groups in total. The second-order valence-corrected chi connectivity index (χ2v) is 7.49. The summed E-state index contributed by atoms with van der Waals surface area (Å²) in [6.07, 6.45) is 5.75. The highest BCUT2D eigenvalue weighted by molar-refractivity contribution is 7.99. The van der Waals surface area contributed by atoms with Crippen LogP contribution in [0.4, 0.5) is 0 Å². The fraction of sp³-hybridized carbons (Fsp3) is 0.263. The molecule has 1 saturated heterocycles. The number of phenolic OH excluding ortho intramolecular Hbond substituents is 1. The van der Waals surface area contributed by atoms with Crippen LogP contribution in [0.5, 0.6) is 5.75 Å². The minimum absolute atomic E-state index is 0.161. The number of rotatable bonds is 4. The largest absolute Gasteiger partial charge is 0.508 e. The second kappa shape index (κ2) is 6.44. The fourth-order valence-electron chi connectivity index (χ4n) is 3.07. The highest BCUT2D eigenvalue weighted by Gasteiger charge is 2.28. The lowest BCUT2D eigenvalue weighted by atomic mass is 10.0. The van der Waals surface area contributed by atoms with Crippen molar-refractivity contribution in [2.75, 3.05) is 18.8 Å². The van der Waals surface area contributed by atoms with Gasteiger partial charge in [-0.25, -0.2) is 4.98 Å². The van der Waals surface area contributed by atoms with Crippen molar-refractivity contribution < 1.29 is 9.90 Å². The molecule has 0 radical (unpaired) electrons. The minimum Gasteiger partial charge on any atom is -0.508 e. The summed E-state index contributed by atoms with van der Waals surface area (Å²) in [6.45, 7) is 3.34. The molecule has 3 aromatic rings. The van der Waals surface area contributed by atoms with Crippen molar-refractivity contribution in [3.8, 4) is 16.9 Å². The molecule has 3 heterocycles. The van der Waals surface area contributed by atoms with Crippen LogP contribution >= 0.6 is 11.8 Å². The van der Waals surface area contributed by atoms with Crippen LogP contribution in [0.25, 0.3) is 16.6 Å². The number of hydrogen-bond donors (Lipinski definition) is 1. The average molecular weight is 353 g/mol. The van der Waals surface area contributed by atoms with E-state index in [0.29, 0.717) is 5.92 Å². The third-order valence-corrected chi connectivity index (χ3v) is 5.84. The van der Waals surface area contributed by atoms with Gasteiger partial charge >= 0.3 is 0 Å². The first-order valence-corrected chi connectivity index (χ1v) is 9.22. The standard InChI is InChI=1S/C19H19N3O2S/c1-13(23)21-8-14(9-21)11-25-19-6-16(10-22-12-20-7-18(19)22)15-2-4-17(24)5-3-15/h2-7,10,12,14,24H,8-9,11H2,1H3. The topological polar surface area (TPSA) is 57.8 Å². The van der Waals surface area contributed by atoms with Gasteiger partial charge in [-0.1, -0.05) is 12.1 Å². The van der Waals surface area contributed by atoms with Gasteiger partial charge in [0.05, 0.1) is 18.0 Å². The van der Waals surface area contributed by atoms with Gasteiger partial charge in [-0.15, -0.1) is 11.8 Å². The van der Waals surface area contributed by atoms with E-state index in [1.807, 2.05) is 45.7 Å². The summed E-state index contributed by atoms with van der Waals surface area (Å²) in [5.41, 5.74) is 3.24. The molecular formula is C19H19N3O2S. The Morgan fingerprint density at radius 1 is 1.28 bits per heavy atom. The molecular weight excluding hydrogens is 334 g/mol. The molecule has 0 bridgehead atoms. The van der Waals surface area contributed by atoms with Crippen LogP contribution in [-0.4, -0.2) is 44.1 Å². The summed E-state index contributed by atoms with van der Waals surface area (Å²) < 4.78 is 2.03. The van der Waals surface area contributed by atoms with Crippen LogP contribution in [0.1, 0.15) is 6.92 Å². The quantitative estimate of drug-likeness (QED) is 0.732. The van der Waals surface area contributed by atoms with Crippen molar-refractivity contribution in [2.24, 2.45) is 5.92 Å². The number of hydrogen-bond acceptors (Lipinski definition) is 4. The molecule has 1 aromatic carbocycles. The first-order valence-electron chi connectivity index (χ1n) is 8.23. The lowest BCUT2D eigenvalue weighted by Gasteiger charge is -2.38. The Balaban J connectivity index is 1.56. The molecule has 1 aliphatic heterocycles. The third-order valence-electron chi connectivity index (χ3n) is 4.56. The van der Waals surface area contributed by atoms with E-state index >= 15 is 0 Å². The predicted octanol–water partition coefficient (Wildman–Crippen LogP) is 3.28. The molecule has 2 aromatic heterocycles. The van der Waals surface area contributed by atoms with E-state index in [1.165, 1.54) is 4.90 Å². The zero-order valence-electron chi connectivity index (χ0n) is 13.9. The average Bonchev–Trinajstić information content (AvgIpc) is 3.02. The monoisotopic (exact) mass is 353 g/mol. The summed E-state index contributed by atoms with van der Waals surface area (Å²) >= 11 is 1.82. The number of benzene rings is 1. The Bertz CT molecular complexity index is 914. The first-order chi connectivity index (χ1) is 12.1. The van der Waals surface area contributed by atoms with E-state index < -0.39 is 0 Å². The van der Waals surface area contributed by atoms with E-state index in [0.717, 1.165) is 35.5 Å². The summed E-state index contributed by atoms with van der Waals surface area (Å²) in [4.78, 5) is 18.6. The SMILES string of the molecule is CC(=O)N1CC(CSc2cc(-c3ccc(O)cc3)cn3cncc23)C1. The van der Waals surface area contributed by atoms with Crippen LogP contribution in [-0.2, 0) is 4.79 Å². The van der Waals surface area contributed by atoms with Gasteiger partial charge in [0.1, 0.15) is 5.75 Å². The van der Waals surface area contributed by atoms with Gasteiger partial charge in [-0.05, 0) is 29.3 Å². The molecule has 1 aliphatic rings. The lowest BCUT2D eigenvalue weighted by molar-refractivity contribution is -0.134. The molecule has 0 unspecified atom stereocenters. The molecule has 1 fully saturated rings. The maximum absolute atomic E-state index is 11.3. The minimum atomic E-state index is 0.161. The Morgan fingerprint density at radius 3 is 2.76 bits per heavy atom. The number of nitrogens with zero attached hydrogens (tertiary/aromatic N) is 3. The number of carbonyl (C=O) groups is 1. The van der Waals surface area contributed by atoms with E-state index in [9.17, 15) is 9.90 Å². The molecule has 128 valence electrons. The number of likely N-dealkylation sites (tertiary alicyclic amines) is 1. The van der Waals surface area contributed by atoms with Gasteiger partial charge < -0.3 is 14.4 Å². The molecule has 25 heavy (non-hydrogen) atoms. The maximum atomic E-state index is 11.3. The van der Waals surface area contributed by atoms with E-state index in [2.05, 4.69) is 17.2 Å². The van der Waals surface area contributed by atoms with Crippen molar-refractivity contribution >= 4 is 23.2 Å². The number of imidazole rings is 1. The van der Waals surface area contributed by atoms with E-state index in [-0.39, 0.29) is 11.7 Å². The zero-order valence-corrected chi connectivity index (χ0v) is 14.7. The van der Waals surface area contributed by atoms with E-state index in [1.54, 1.807) is 19.1 Å². The number of thioether (sulfide) groups is 1. The van der Waals surface area contributed by atoms with Gasteiger partial charge in [0.2, 0.25) is 5.91 Å². The molecule has 1 amide bonds. The molecule has 4 rings (SSSR count). The Hall–Kier alpha value is -2.47. The van der Waals surface area contributed by atoms with Crippen molar-refractivity contribution in [3.63, 3.8) is 0 Å². The number of phenols is 1. The molecule has 0 saturated carbocycles. The van der Waals surface area contributed by atoms with Crippen molar-refractivity contribution in [1.82, 2.24) is 14.3 Å². The smallest absolute Gasteiger partial charge is 0.219 e. The highest BCUT2D eigenvalue weighted by atomic mass is 32.2. The molecule has 0 atom stereocenters. The van der Waals surface area contributed by atoms with Crippen LogP contribution in [0.3, 0.4) is 0 Å². The van der Waals surface area contributed by atoms with Gasteiger partial charge in [-0.2, -0.15) is 0 Å².